The summed E-state index contributed by atoms with van der Waals surface area (Å²) in [6.07, 6.45) is -2.04. The highest BCUT2D eigenvalue weighted by Crippen LogP contribution is 2.23. The molecular formula is C11H15ClF3N3O. The number of rotatable bonds is 3. The van der Waals surface area contributed by atoms with E-state index in [1.165, 1.54) is 12.3 Å². The first-order chi connectivity index (χ1) is 8.44. The van der Waals surface area contributed by atoms with Crippen molar-refractivity contribution in [1.82, 2.24) is 4.98 Å². The van der Waals surface area contributed by atoms with Crippen molar-refractivity contribution in [1.29, 1.82) is 0 Å². The van der Waals surface area contributed by atoms with Crippen molar-refractivity contribution in [3.05, 3.63) is 18.3 Å². The van der Waals surface area contributed by atoms with Crippen LogP contribution >= 0.6 is 12.4 Å². The van der Waals surface area contributed by atoms with Crippen LogP contribution in [0.5, 0.6) is 5.88 Å². The molecule has 2 N–H and O–H groups in total. The van der Waals surface area contributed by atoms with Gasteiger partial charge >= 0.3 is 6.18 Å². The summed E-state index contributed by atoms with van der Waals surface area (Å²) in [5.74, 6) is -0.0229. The van der Waals surface area contributed by atoms with E-state index >= 15 is 0 Å². The predicted molar refractivity (Wildman–Crippen MR) is 67.8 cm³/mol. The Balaban J connectivity index is 0.00000180. The van der Waals surface area contributed by atoms with Gasteiger partial charge in [-0.1, -0.05) is 0 Å². The summed E-state index contributed by atoms with van der Waals surface area (Å²) in [6, 6.07) is 3.35. The molecule has 0 aromatic carbocycles. The van der Waals surface area contributed by atoms with Crippen LogP contribution < -0.4 is 15.4 Å². The van der Waals surface area contributed by atoms with Gasteiger partial charge in [0.1, 0.15) is 0 Å². The molecule has 1 atom stereocenters. The van der Waals surface area contributed by atoms with E-state index in [-0.39, 0.29) is 24.3 Å². The number of hydrogen-bond donors (Lipinski definition) is 1. The lowest BCUT2D eigenvalue weighted by Crippen LogP contribution is -2.26. The van der Waals surface area contributed by atoms with Gasteiger partial charge in [0.15, 0.2) is 6.61 Å². The summed E-state index contributed by atoms with van der Waals surface area (Å²) in [6.45, 7) is 0.162. The normalized spacial score (nSPS) is 19.2. The fourth-order valence-electron chi connectivity index (χ4n) is 1.85. The number of nitrogens with two attached hydrogens (primary N) is 1. The highest BCUT2D eigenvalue weighted by Gasteiger charge is 2.28. The molecule has 0 saturated carbocycles. The van der Waals surface area contributed by atoms with E-state index in [4.69, 9.17) is 5.73 Å². The molecule has 0 spiro atoms. The minimum absolute atomic E-state index is 0. The maximum absolute atomic E-state index is 12.0. The smallest absolute Gasteiger partial charge is 0.422 e. The molecule has 1 aliphatic heterocycles. The van der Waals surface area contributed by atoms with E-state index in [2.05, 4.69) is 9.72 Å². The molecule has 2 rings (SSSR count). The largest absolute Gasteiger partial charge is 0.468 e. The summed E-state index contributed by atoms with van der Waals surface area (Å²) in [5, 5.41) is 0. The third-order valence-corrected chi connectivity index (χ3v) is 2.69. The Morgan fingerprint density at radius 2 is 2.21 bits per heavy atom. The van der Waals surface area contributed by atoms with Crippen molar-refractivity contribution in [2.75, 3.05) is 24.6 Å². The molecule has 1 unspecified atom stereocenters. The average molecular weight is 298 g/mol. The van der Waals surface area contributed by atoms with Crippen LogP contribution in [0, 0.1) is 0 Å². The van der Waals surface area contributed by atoms with Gasteiger partial charge in [0.25, 0.3) is 0 Å². The van der Waals surface area contributed by atoms with E-state index in [1.54, 1.807) is 6.07 Å². The fraction of sp³-hybridized carbons (Fsp3) is 0.545. The Morgan fingerprint density at radius 1 is 1.47 bits per heavy atom. The van der Waals surface area contributed by atoms with Crippen LogP contribution in [-0.2, 0) is 0 Å². The second-order valence-corrected chi connectivity index (χ2v) is 4.25. The molecule has 8 heteroatoms. The highest BCUT2D eigenvalue weighted by molar-refractivity contribution is 5.85. The first-order valence-corrected chi connectivity index (χ1v) is 5.60. The van der Waals surface area contributed by atoms with E-state index in [1.807, 2.05) is 4.90 Å². The van der Waals surface area contributed by atoms with Gasteiger partial charge in [-0.25, -0.2) is 4.98 Å². The molecule has 19 heavy (non-hydrogen) atoms. The standard InChI is InChI=1S/C11H14F3N3O.ClH/c12-11(13,14)7-18-10-5-9(1-3-16-10)17-4-2-8(15)6-17;/h1,3,5,8H,2,4,6-7,15H2;1H. The summed E-state index contributed by atoms with van der Waals surface area (Å²) in [4.78, 5) is 5.76. The van der Waals surface area contributed by atoms with Gasteiger partial charge in [0.05, 0.1) is 0 Å². The topological polar surface area (TPSA) is 51.4 Å². The van der Waals surface area contributed by atoms with E-state index in [0.717, 1.165) is 18.7 Å². The van der Waals surface area contributed by atoms with Crippen molar-refractivity contribution in [2.45, 2.75) is 18.6 Å². The third kappa shape index (κ3) is 4.76. The minimum Gasteiger partial charge on any atom is -0.468 e. The number of pyridine rings is 1. The number of alkyl halides is 3. The Hall–Kier alpha value is -1.21. The van der Waals surface area contributed by atoms with Crippen molar-refractivity contribution in [2.24, 2.45) is 5.73 Å². The Morgan fingerprint density at radius 3 is 2.79 bits per heavy atom. The van der Waals surface area contributed by atoms with Gasteiger partial charge in [0, 0.05) is 37.1 Å². The van der Waals surface area contributed by atoms with Crippen molar-refractivity contribution in [3.8, 4) is 5.88 Å². The summed E-state index contributed by atoms with van der Waals surface area (Å²) in [5.41, 5.74) is 6.57. The van der Waals surface area contributed by atoms with Crippen LogP contribution in [0.25, 0.3) is 0 Å². The minimum atomic E-state index is -4.35. The molecule has 1 aliphatic rings. The highest BCUT2D eigenvalue weighted by atomic mass is 35.5. The lowest BCUT2D eigenvalue weighted by molar-refractivity contribution is -0.154. The molecule has 0 bridgehead atoms. The number of halogens is 4. The molecule has 0 aliphatic carbocycles. The fourth-order valence-corrected chi connectivity index (χ4v) is 1.85. The lowest BCUT2D eigenvalue weighted by Gasteiger charge is -2.18. The maximum Gasteiger partial charge on any atom is 0.422 e. The van der Waals surface area contributed by atoms with Crippen LogP contribution in [0.3, 0.4) is 0 Å². The lowest BCUT2D eigenvalue weighted by atomic mass is 10.3. The van der Waals surface area contributed by atoms with Gasteiger partial charge < -0.3 is 15.4 Å². The SMILES string of the molecule is Cl.NC1CCN(c2ccnc(OCC(F)(F)F)c2)C1. The van der Waals surface area contributed by atoms with E-state index in [9.17, 15) is 13.2 Å². The number of nitrogens with zero attached hydrogens (tertiary/aromatic N) is 2. The van der Waals surface area contributed by atoms with Crippen LogP contribution in [0.4, 0.5) is 18.9 Å². The molecule has 1 aromatic rings. The predicted octanol–water partition coefficient (Wildman–Crippen LogP) is 1.98. The summed E-state index contributed by atoms with van der Waals surface area (Å²) >= 11 is 0. The zero-order valence-electron chi connectivity index (χ0n) is 10.1. The number of aromatic nitrogens is 1. The molecule has 2 heterocycles. The first kappa shape index (κ1) is 15.8. The van der Waals surface area contributed by atoms with Gasteiger partial charge in [-0.3, -0.25) is 0 Å². The Bertz CT molecular complexity index is 416. The second kappa shape index (κ2) is 6.29. The summed E-state index contributed by atoms with van der Waals surface area (Å²) < 4.78 is 40.6. The van der Waals surface area contributed by atoms with Gasteiger partial charge in [-0.05, 0) is 12.5 Å². The Kier molecular flexibility index (Phi) is 5.25. The van der Waals surface area contributed by atoms with Gasteiger partial charge in [0.2, 0.25) is 5.88 Å². The quantitative estimate of drug-likeness (QED) is 0.927. The van der Waals surface area contributed by atoms with Crippen LogP contribution in [0.15, 0.2) is 18.3 Å². The zero-order chi connectivity index (χ0) is 13.2. The van der Waals surface area contributed by atoms with Crippen molar-refractivity contribution >= 4 is 18.1 Å². The molecular weight excluding hydrogens is 283 g/mol. The molecule has 0 amide bonds. The third-order valence-electron chi connectivity index (χ3n) is 2.69. The molecule has 1 saturated heterocycles. The number of hydrogen-bond acceptors (Lipinski definition) is 4. The maximum atomic E-state index is 12.0. The molecule has 1 aromatic heterocycles. The van der Waals surface area contributed by atoms with Crippen LogP contribution in [-0.4, -0.2) is 36.9 Å². The molecule has 4 nitrogen and oxygen atoms in total. The van der Waals surface area contributed by atoms with Crippen LogP contribution in [0.2, 0.25) is 0 Å². The second-order valence-electron chi connectivity index (χ2n) is 4.25. The number of anilines is 1. The van der Waals surface area contributed by atoms with Crippen molar-refractivity contribution < 1.29 is 17.9 Å². The van der Waals surface area contributed by atoms with Crippen LogP contribution in [0.1, 0.15) is 6.42 Å². The first-order valence-electron chi connectivity index (χ1n) is 5.60. The zero-order valence-corrected chi connectivity index (χ0v) is 10.9. The molecule has 1 fully saturated rings. The monoisotopic (exact) mass is 297 g/mol. The Labute approximate surface area is 115 Å². The van der Waals surface area contributed by atoms with E-state index < -0.39 is 12.8 Å². The van der Waals surface area contributed by atoms with Gasteiger partial charge in [-0.2, -0.15) is 13.2 Å². The van der Waals surface area contributed by atoms with E-state index in [0.29, 0.717) is 6.54 Å². The molecule has 108 valence electrons. The van der Waals surface area contributed by atoms with Crippen molar-refractivity contribution in [3.63, 3.8) is 0 Å². The number of ether oxygens (including phenoxy) is 1. The summed E-state index contributed by atoms with van der Waals surface area (Å²) in [7, 11) is 0. The van der Waals surface area contributed by atoms with Gasteiger partial charge in [-0.15, -0.1) is 12.4 Å². The average Bonchev–Trinajstić information content (AvgIpc) is 2.73. The molecule has 0 radical (unpaired) electrons.